The summed E-state index contributed by atoms with van der Waals surface area (Å²) in [5.41, 5.74) is 6.91. The zero-order chi connectivity index (χ0) is 14.0. The minimum atomic E-state index is -0.261. The largest absolute Gasteiger partial charge is 0.339 e. The van der Waals surface area contributed by atoms with Gasteiger partial charge < -0.3 is 10.6 Å². The van der Waals surface area contributed by atoms with Crippen LogP contribution in [0.4, 0.5) is 4.39 Å². The lowest BCUT2D eigenvalue weighted by molar-refractivity contribution is -0.136. The van der Waals surface area contributed by atoms with Crippen LogP contribution in [0, 0.1) is 11.7 Å². The van der Waals surface area contributed by atoms with E-state index in [2.05, 4.69) is 0 Å². The van der Waals surface area contributed by atoms with Gasteiger partial charge in [-0.05, 0) is 37.5 Å². The number of hydrogen-bond donors (Lipinski definition) is 1. The maximum absolute atomic E-state index is 12.9. The Morgan fingerprint density at radius 3 is 2.53 bits per heavy atom. The highest BCUT2D eigenvalue weighted by atomic mass is 19.1. The molecule has 0 heterocycles. The Hall–Kier alpha value is -1.42. The number of rotatable bonds is 3. The lowest BCUT2D eigenvalue weighted by atomic mass is 10.0. The van der Waals surface area contributed by atoms with Gasteiger partial charge in [0.2, 0.25) is 5.91 Å². The summed E-state index contributed by atoms with van der Waals surface area (Å²) in [5, 5.41) is 0. The Labute approximate surface area is 113 Å². The van der Waals surface area contributed by atoms with E-state index in [-0.39, 0.29) is 29.7 Å². The molecule has 1 saturated carbocycles. The zero-order valence-corrected chi connectivity index (χ0v) is 11.5. The molecule has 3 unspecified atom stereocenters. The van der Waals surface area contributed by atoms with E-state index in [1.807, 2.05) is 6.92 Å². The fraction of sp³-hybridized carbons (Fsp3) is 0.533. The highest BCUT2D eigenvalue weighted by Gasteiger charge is 2.33. The molecule has 19 heavy (non-hydrogen) atoms. The van der Waals surface area contributed by atoms with E-state index in [0.717, 1.165) is 24.8 Å². The smallest absolute Gasteiger partial charge is 0.227 e. The van der Waals surface area contributed by atoms with Crippen molar-refractivity contribution in [2.45, 2.75) is 38.3 Å². The molecule has 0 bridgehead atoms. The molecule has 0 aliphatic heterocycles. The molecule has 1 aromatic rings. The number of benzene rings is 1. The Kier molecular flexibility index (Phi) is 4.20. The second-order valence-electron chi connectivity index (χ2n) is 5.38. The van der Waals surface area contributed by atoms with Crippen molar-refractivity contribution in [3.05, 3.63) is 35.6 Å². The van der Waals surface area contributed by atoms with Gasteiger partial charge >= 0.3 is 0 Å². The van der Waals surface area contributed by atoms with Crippen LogP contribution in [-0.4, -0.2) is 23.9 Å². The maximum Gasteiger partial charge on any atom is 0.227 e. The van der Waals surface area contributed by atoms with Gasteiger partial charge in [-0.3, -0.25) is 4.79 Å². The van der Waals surface area contributed by atoms with Crippen molar-refractivity contribution in [1.29, 1.82) is 0 Å². The molecule has 0 radical (unpaired) electrons. The molecule has 1 fully saturated rings. The van der Waals surface area contributed by atoms with Crippen LogP contribution in [-0.2, 0) is 4.79 Å². The van der Waals surface area contributed by atoms with Crippen molar-refractivity contribution in [3.63, 3.8) is 0 Å². The molecule has 1 aliphatic carbocycles. The van der Waals surface area contributed by atoms with Crippen LogP contribution in [0.1, 0.15) is 37.8 Å². The lowest BCUT2D eigenvalue weighted by Crippen LogP contribution is -2.40. The summed E-state index contributed by atoms with van der Waals surface area (Å²) in [6.07, 6.45) is 2.83. The molecule has 2 N–H and O–H groups in total. The van der Waals surface area contributed by atoms with Crippen LogP contribution >= 0.6 is 0 Å². The molecule has 1 aliphatic rings. The van der Waals surface area contributed by atoms with Crippen LogP contribution in [0.5, 0.6) is 0 Å². The van der Waals surface area contributed by atoms with E-state index in [1.165, 1.54) is 12.1 Å². The van der Waals surface area contributed by atoms with Crippen molar-refractivity contribution in [1.82, 2.24) is 4.90 Å². The summed E-state index contributed by atoms with van der Waals surface area (Å²) < 4.78 is 12.9. The summed E-state index contributed by atoms with van der Waals surface area (Å²) in [6, 6.07) is 6.20. The van der Waals surface area contributed by atoms with Gasteiger partial charge in [0.05, 0.1) is 12.0 Å². The quantitative estimate of drug-likeness (QED) is 0.911. The fourth-order valence-corrected chi connectivity index (χ4v) is 2.71. The van der Waals surface area contributed by atoms with Crippen molar-refractivity contribution in [3.8, 4) is 0 Å². The highest BCUT2D eigenvalue weighted by molar-refractivity contribution is 5.80. The zero-order valence-electron chi connectivity index (χ0n) is 11.5. The van der Waals surface area contributed by atoms with Crippen LogP contribution in [0.25, 0.3) is 0 Å². The third-order valence-electron chi connectivity index (χ3n) is 4.17. The minimum absolute atomic E-state index is 0.0182. The second-order valence-corrected chi connectivity index (χ2v) is 5.38. The fourth-order valence-electron chi connectivity index (χ4n) is 2.71. The first-order valence-corrected chi connectivity index (χ1v) is 6.78. The Morgan fingerprint density at radius 2 is 2.00 bits per heavy atom. The summed E-state index contributed by atoms with van der Waals surface area (Å²) in [6.45, 7) is 1.95. The first kappa shape index (κ1) is 14.0. The van der Waals surface area contributed by atoms with Crippen molar-refractivity contribution in [2.75, 3.05) is 7.05 Å². The maximum atomic E-state index is 12.9. The van der Waals surface area contributed by atoms with Gasteiger partial charge in [0.25, 0.3) is 0 Å². The number of amides is 1. The number of hydrogen-bond acceptors (Lipinski definition) is 2. The minimum Gasteiger partial charge on any atom is -0.339 e. The number of nitrogens with zero attached hydrogens (tertiary/aromatic N) is 1. The number of carbonyl (C=O) groups excluding carboxylic acids is 1. The summed E-state index contributed by atoms with van der Waals surface area (Å²) in [5.74, 6) is -0.225. The Balaban J connectivity index is 2.08. The lowest BCUT2D eigenvalue weighted by Gasteiger charge is -2.29. The predicted molar refractivity (Wildman–Crippen MR) is 72.9 cm³/mol. The van der Waals surface area contributed by atoms with Crippen LogP contribution in [0.15, 0.2) is 24.3 Å². The van der Waals surface area contributed by atoms with Gasteiger partial charge in [0.15, 0.2) is 0 Å². The van der Waals surface area contributed by atoms with Crippen molar-refractivity contribution in [2.24, 2.45) is 11.7 Å². The molecular formula is C15H21FN2O. The number of halogens is 1. The first-order valence-electron chi connectivity index (χ1n) is 6.78. The van der Waals surface area contributed by atoms with E-state index in [1.54, 1.807) is 24.1 Å². The first-order chi connectivity index (χ1) is 9.00. The van der Waals surface area contributed by atoms with E-state index >= 15 is 0 Å². The molecule has 3 atom stereocenters. The third-order valence-corrected chi connectivity index (χ3v) is 4.17. The van der Waals surface area contributed by atoms with Crippen LogP contribution < -0.4 is 5.73 Å². The molecule has 104 valence electrons. The van der Waals surface area contributed by atoms with Crippen LogP contribution in [0.2, 0.25) is 0 Å². The molecule has 2 rings (SSSR count). The van der Waals surface area contributed by atoms with E-state index < -0.39 is 0 Å². The predicted octanol–water partition coefficient (Wildman–Crippen LogP) is 2.47. The average Bonchev–Trinajstić information content (AvgIpc) is 2.83. The van der Waals surface area contributed by atoms with Gasteiger partial charge in [0, 0.05) is 13.1 Å². The molecule has 4 heteroatoms. The molecule has 1 amide bonds. The van der Waals surface area contributed by atoms with Crippen LogP contribution in [0.3, 0.4) is 0 Å². The van der Waals surface area contributed by atoms with Crippen molar-refractivity contribution < 1.29 is 9.18 Å². The van der Waals surface area contributed by atoms with Gasteiger partial charge in [-0.25, -0.2) is 4.39 Å². The summed E-state index contributed by atoms with van der Waals surface area (Å²) >= 11 is 0. The monoisotopic (exact) mass is 264 g/mol. The SMILES string of the molecule is CC(c1ccc(F)cc1)N(C)C(=O)C1CCCC1N. The molecule has 3 nitrogen and oxygen atoms in total. The van der Waals surface area contributed by atoms with Crippen molar-refractivity contribution >= 4 is 5.91 Å². The normalized spacial score (nSPS) is 24.2. The van der Waals surface area contributed by atoms with E-state index in [9.17, 15) is 9.18 Å². The topological polar surface area (TPSA) is 46.3 Å². The number of nitrogens with two attached hydrogens (primary N) is 1. The van der Waals surface area contributed by atoms with Gasteiger partial charge in [-0.1, -0.05) is 18.6 Å². The number of carbonyl (C=O) groups is 1. The summed E-state index contributed by atoms with van der Waals surface area (Å²) in [7, 11) is 1.79. The molecule has 0 saturated heterocycles. The summed E-state index contributed by atoms with van der Waals surface area (Å²) in [4.78, 5) is 14.1. The standard InChI is InChI=1S/C15H21FN2O/c1-10(11-6-8-12(16)9-7-11)18(2)15(19)13-4-3-5-14(13)17/h6-10,13-14H,3-5,17H2,1-2H3. The molecule has 0 spiro atoms. The van der Waals surface area contributed by atoms with E-state index in [0.29, 0.717) is 0 Å². The van der Waals surface area contributed by atoms with Gasteiger partial charge in [0.1, 0.15) is 5.82 Å². The molecule has 1 aromatic carbocycles. The highest BCUT2D eigenvalue weighted by Crippen LogP contribution is 2.28. The Bertz CT molecular complexity index is 446. The average molecular weight is 264 g/mol. The second kappa shape index (κ2) is 5.70. The van der Waals surface area contributed by atoms with E-state index in [4.69, 9.17) is 5.73 Å². The molecule has 0 aromatic heterocycles. The van der Waals surface area contributed by atoms with Gasteiger partial charge in [-0.15, -0.1) is 0 Å². The van der Waals surface area contributed by atoms with Gasteiger partial charge in [-0.2, -0.15) is 0 Å². The molecular weight excluding hydrogens is 243 g/mol. The third kappa shape index (κ3) is 2.95. The Morgan fingerprint density at radius 1 is 1.37 bits per heavy atom.